The summed E-state index contributed by atoms with van der Waals surface area (Å²) in [4.78, 5) is 0. The molecule has 1 N–H and O–H groups in total. The average molecular weight is 218 g/mol. The van der Waals surface area contributed by atoms with Crippen molar-refractivity contribution in [2.24, 2.45) is 0 Å². The highest BCUT2D eigenvalue weighted by Crippen LogP contribution is 2.36. The minimum atomic E-state index is -1.66. The molecule has 0 aromatic carbocycles. The van der Waals surface area contributed by atoms with Crippen LogP contribution in [-0.2, 0) is 4.43 Å². The van der Waals surface area contributed by atoms with Gasteiger partial charge in [0.15, 0.2) is 8.32 Å². The van der Waals surface area contributed by atoms with Gasteiger partial charge in [0.1, 0.15) is 0 Å². The van der Waals surface area contributed by atoms with Gasteiger partial charge in [-0.15, -0.1) is 0 Å². The quantitative estimate of drug-likeness (QED) is 0.718. The Kier molecular flexibility index (Phi) is 5.34. The Morgan fingerprint density at radius 1 is 1.29 bits per heavy atom. The second kappa shape index (κ2) is 5.28. The van der Waals surface area contributed by atoms with E-state index < -0.39 is 8.32 Å². The minimum Gasteiger partial charge on any atom is -0.414 e. The lowest BCUT2D eigenvalue weighted by Crippen LogP contribution is -2.42. The summed E-state index contributed by atoms with van der Waals surface area (Å²) in [6.45, 7) is 13.7. The molecule has 0 radical (unpaired) electrons. The topological polar surface area (TPSA) is 29.5 Å². The molecule has 0 spiro atoms. The molecular formula is C11H26O2Si. The fraction of sp³-hybridized carbons (Fsp3) is 1.00. The average Bonchev–Trinajstić information content (AvgIpc) is 1.99. The fourth-order valence-electron chi connectivity index (χ4n) is 0.938. The van der Waals surface area contributed by atoms with Gasteiger partial charge < -0.3 is 9.53 Å². The van der Waals surface area contributed by atoms with Crippen LogP contribution in [0.25, 0.3) is 0 Å². The van der Waals surface area contributed by atoms with Crippen LogP contribution in [0.15, 0.2) is 0 Å². The highest BCUT2D eigenvalue weighted by molar-refractivity contribution is 6.74. The molecule has 1 atom stereocenters. The molecule has 2 nitrogen and oxygen atoms in total. The van der Waals surface area contributed by atoms with E-state index in [4.69, 9.17) is 4.43 Å². The van der Waals surface area contributed by atoms with E-state index in [-0.39, 0.29) is 11.1 Å². The highest BCUT2D eigenvalue weighted by Gasteiger charge is 2.37. The number of aliphatic hydroxyl groups excluding tert-OH is 1. The van der Waals surface area contributed by atoms with Crippen LogP contribution in [0.1, 0.15) is 40.5 Å². The van der Waals surface area contributed by atoms with Crippen molar-refractivity contribution < 1.29 is 9.53 Å². The van der Waals surface area contributed by atoms with Crippen LogP contribution in [-0.4, -0.2) is 26.1 Å². The van der Waals surface area contributed by atoms with Crippen molar-refractivity contribution >= 4 is 8.32 Å². The van der Waals surface area contributed by atoms with Crippen LogP contribution < -0.4 is 0 Å². The molecule has 0 saturated carbocycles. The second-order valence-corrected chi connectivity index (χ2v) is 10.3. The number of rotatable bonds is 5. The summed E-state index contributed by atoms with van der Waals surface area (Å²) >= 11 is 0. The second-order valence-electron chi connectivity index (χ2n) is 5.51. The lowest BCUT2D eigenvalue weighted by atomic mass is 10.2. The molecule has 0 aromatic rings. The lowest BCUT2D eigenvalue weighted by molar-refractivity contribution is 0.0923. The van der Waals surface area contributed by atoms with Gasteiger partial charge in [0.05, 0.1) is 12.7 Å². The third-order valence-corrected chi connectivity index (χ3v) is 7.57. The molecule has 0 fully saturated rings. The van der Waals surface area contributed by atoms with Crippen molar-refractivity contribution in [3.05, 3.63) is 0 Å². The molecule has 0 unspecified atom stereocenters. The number of aliphatic hydroxyl groups is 1. The van der Waals surface area contributed by atoms with Gasteiger partial charge in [0.2, 0.25) is 0 Å². The van der Waals surface area contributed by atoms with Crippen LogP contribution in [0.3, 0.4) is 0 Å². The Labute approximate surface area is 89.8 Å². The molecular weight excluding hydrogens is 192 g/mol. The summed E-state index contributed by atoms with van der Waals surface area (Å²) in [5, 5.41) is 9.81. The molecule has 0 aliphatic rings. The Hall–Kier alpha value is 0.137. The maximum Gasteiger partial charge on any atom is 0.192 e. The minimum absolute atomic E-state index is 0.235. The maximum absolute atomic E-state index is 9.58. The zero-order valence-corrected chi connectivity index (χ0v) is 11.6. The summed E-state index contributed by atoms with van der Waals surface area (Å²) in [6.07, 6.45) is 1.57. The predicted octanol–water partition coefficient (Wildman–Crippen LogP) is 3.17. The maximum atomic E-state index is 9.58. The third-order valence-electron chi connectivity index (χ3n) is 3.06. The SMILES string of the molecule is CCC[C@@H](O)CO[Si](C)(C)C(C)(C)C. The normalized spacial score (nSPS) is 15.6. The Balaban J connectivity index is 3.99. The molecule has 86 valence electrons. The Bertz CT molecular complexity index is 161. The van der Waals surface area contributed by atoms with E-state index in [0.29, 0.717) is 6.61 Å². The van der Waals surface area contributed by atoms with Crippen molar-refractivity contribution in [2.75, 3.05) is 6.61 Å². The molecule has 0 heterocycles. The Morgan fingerprint density at radius 2 is 1.79 bits per heavy atom. The smallest absolute Gasteiger partial charge is 0.192 e. The standard InChI is InChI=1S/C11H26O2Si/c1-7-8-10(12)9-13-14(5,6)11(2,3)4/h10,12H,7-9H2,1-6H3/t10-/m1/s1. The molecule has 3 heteroatoms. The van der Waals surface area contributed by atoms with E-state index in [1.165, 1.54) is 0 Å². The van der Waals surface area contributed by atoms with Crippen LogP contribution in [0, 0.1) is 0 Å². The van der Waals surface area contributed by atoms with Crippen LogP contribution in [0.2, 0.25) is 18.1 Å². The molecule has 0 aliphatic carbocycles. The van der Waals surface area contributed by atoms with Gasteiger partial charge in [-0.1, -0.05) is 34.1 Å². The van der Waals surface area contributed by atoms with Crippen LogP contribution >= 0.6 is 0 Å². The first-order valence-corrected chi connectivity index (χ1v) is 8.43. The van der Waals surface area contributed by atoms with Gasteiger partial charge in [-0.2, -0.15) is 0 Å². The Morgan fingerprint density at radius 3 is 2.14 bits per heavy atom. The molecule has 0 amide bonds. The summed E-state index contributed by atoms with van der Waals surface area (Å²) in [5.74, 6) is 0. The zero-order valence-electron chi connectivity index (χ0n) is 10.6. The molecule has 14 heavy (non-hydrogen) atoms. The highest BCUT2D eigenvalue weighted by atomic mass is 28.4. The van der Waals surface area contributed by atoms with Gasteiger partial charge in [-0.3, -0.25) is 0 Å². The summed E-state index contributed by atoms with van der Waals surface area (Å²) in [5.41, 5.74) is 0. The van der Waals surface area contributed by atoms with Crippen molar-refractivity contribution in [1.82, 2.24) is 0 Å². The monoisotopic (exact) mass is 218 g/mol. The lowest BCUT2D eigenvalue weighted by Gasteiger charge is -2.36. The first-order valence-electron chi connectivity index (χ1n) is 5.52. The van der Waals surface area contributed by atoms with Gasteiger partial charge in [-0.25, -0.2) is 0 Å². The fourth-order valence-corrected chi connectivity index (χ4v) is 1.98. The summed E-state index contributed by atoms with van der Waals surface area (Å²) in [6, 6.07) is 0. The van der Waals surface area contributed by atoms with Crippen molar-refractivity contribution in [3.63, 3.8) is 0 Å². The van der Waals surface area contributed by atoms with Gasteiger partial charge >= 0.3 is 0 Å². The first kappa shape index (κ1) is 14.1. The van der Waals surface area contributed by atoms with Crippen LogP contribution in [0.5, 0.6) is 0 Å². The van der Waals surface area contributed by atoms with Crippen molar-refractivity contribution in [1.29, 1.82) is 0 Å². The van der Waals surface area contributed by atoms with E-state index in [1.54, 1.807) is 0 Å². The first-order chi connectivity index (χ1) is 6.20. The van der Waals surface area contributed by atoms with E-state index in [0.717, 1.165) is 12.8 Å². The summed E-state index contributed by atoms with van der Waals surface area (Å²) in [7, 11) is -1.66. The summed E-state index contributed by atoms with van der Waals surface area (Å²) < 4.78 is 5.90. The van der Waals surface area contributed by atoms with Gasteiger partial charge in [0, 0.05) is 0 Å². The van der Waals surface area contributed by atoms with Crippen LogP contribution in [0.4, 0.5) is 0 Å². The number of hydrogen-bond donors (Lipinski definition) is 1. The number of hydrogen-bond acceptors (Lipinski definition) is 2. The molecule has 0 aromatic heterocycles. The predicted molar refractivity (Wildman–Crippen MR) is 64.1 cm³/mol. The largest absolute Gasteiger partial charge is 0.414 e. The third kappa shape index (κ3) is 4.58. The molecule has 0 aliphatic heterocycles. The van der Waals surface area contributed by atoms with E-state index in [9.17, 15) is 5.11 Å². The molecule has 0 bridgehead atoms. The van der Waals surface area contributed by atoms with Gasteiger partial charge in [0.25, 0.3) is 0 Å². The zero-order chi connectivity index (χ0) is 11.4. The van der Waals surface area contributed by atoms with Gasteiger partial charge in [-0.05, 0) is 24.6 Å². The molecule has 0 saturated heterocycles. The van der Waals surface area contributed by atoms with E-state index >= 15 is 0 Å². The van der Waals surface area contributed by atoms with Crippen molar-refractivity contribution in [2.45, 2.75) is 64.8 Å². The van der Waals surface area contributed by atoms with E-state index in [1.807, 2.05) is 0 Å². The van der Waals surface area contributed by atoms with Crippen molar-refractivity contribution in [3.8, 4) is 0 Å². The van der Waals surface area contributed by atoms with E-state index in [2.05, 4.69) is 40.8 Å². The molecule has 0 rings (SSSR count).